The maximum Gasteiger partial charge on any atom is 0.243 e. The molecule has 184 valence electrons. The number of rotatable bonds is 10. The van der Waals surface area contributed by atoms with Crippen LogP contribution in [0.15, 0.2) is 57.0 Å². The summed E-state index contributed by atoms with van der Waals surface area (Å²) in [5.74, 6) is 1.16. The first-order valence-corrected chi connectivity index (χ1v) is 15.1. The van der Waals surface area contributed by atoms with E-state index in [1.54, 1.807) is 28.2 Å². The summed E-state index contributed by atoms with van der Waals surface area (Å²) in [4.78, 5) is 5.21. The zero-order valence-electron chi connectivity index (χ0n) is 19.7. The fourth-order valence-corrected chi connectivity index (χ4v) is 7.59. The lowest BCUT2D eigenvalue weighted by atomic mass is 10.0. The Labute approximate surface area is 215 Å². The normalized spacial score (nSPS) is 17.4. The second-order valence-corrected chi connectivity index (χ2v) is 12.5. The molecule has 0 N–H and O–H groups in total. The lowest BCUT2D eigenvalue weighted by Crippen LogP contribution is -2.39. The van der Waals surface area contributed by atoms with Gasteiger partial charge in [0.2, 0.25) is 10.0 Å². The summed E-state index contributed by atoms with van der Waals surface area (Å²) in [6, 6.07) is 13.6. The van der Waals surface area contributed by atoms with Gasteiger partial charge in [-0.1, -0.05) is 52.8 Å². The molecule has 6 nitrogen and oxygen atoms in total. The number of aryl methyl sites for hydroxylation is 1. The van der Waals surface area contributed by atoms with Crippen LogP contribution in [0.2, 0.25) is 0 Å². The van der Waals surface area contributed by atoms with Gasteiger partial charge in [-0.15, -0.1) is 0 Å². The third-order valence-electron chi connectivity index (χ3n) is 6.13. The molecule has 2 aromatic carbocycles. The molecule has 0 spiro atoms. The fraction of sp³-hybridized carbons (Fsp3) is 0.480. The molecule has 1 aliphatic rings. The Morgan fingerprint density at radius 1 is 1.24 bits per heavy atom. The molecule has 3 aromatic rings. The number of aromatic nitrogens is 2. The summed E-state index contributed by atoms with van der Waals surface area (Å²) in [5, 5.41) is 0.892. The van der Waals surface area contributed by atoms with E-state index in [4.69, 9.17) is 9.72 Å². The molecule has 9 heteroatoms. The molecule has 0 unspecified atom stereocenters. The van der Waals surface area contributed by atoms with E-state index in [-0.39, 0.29) is 0 Å². The van der Waals surface area contributed by atoms with Crippen molar-refractivity contribution < 1.29 is 13.2 Å². The van der Waals surface area contributed by atoms with E-state index in [0.29, 0.717) is 37.1 Å². The number of ether oxygens (including phenoxy) is 1. The standard InChI is InChI=1S/C25H32BrN3O3S2/c1-3-32-15-7-14-29-24-12-11-21(34(30,31)28-13-6-8-19(2)17-28)16-23(24)27-25(29)33-18-20-9-4-5-10-22(20)26/h4-5,9-12,16,19H,3,6-8,13-15,17-18H2,1-2H3/t19-/m1/s1. The summed E-state index contributed by atoms with van der Waals surface area (Å²) in [7, 11) is -3.52. The van der Waals surface area contributed by atoms with E-state index >= 15 is 0 Å². The molecule has 4 rings (SSSR count). The SMILES string of the molecule is CCOCCCn1c(SCc2ccccc2Br)nc2cc(S(=O)(=O)N3CCC[C@@H](C)C3)ccc21. The van der Waals surface area contributed by atoms with Crippen molar-refractivity contribution >= 4 is 48.7 Å². The van der Waals surface area contributed by atoms with Gasteiger partial charge in [0.25, 0.3) is 0 Å². The van der Waals surface area contributed by atoms with Crippen LogP contribution >= 0.6 is 27.7 Å². The average molecular weight is 567 g/mol. The van der Waals surface area contributed by atoms with Gasteiger partial charge in [-0.3, -0.25) is 0 Å². The Kier molecular flexibility index (Phi) is 8.74. The summed E-state index contributed by atoms with van der Waals surface area (Å²) in [6.07, 6.45) is 2.86. The summed E-state index contributed by atoms with van der Waals surface area (Å²) in [6.45, 7) is 7.43. The van der Waals surface area contributed by atoms with E-state index in [1.165, 1.54) is 5.56 Å². The van der Waals surface area contributed by atoms with Gasteiger partial charge in [0.05, 0.1) is 15.9 Å². The predicted molar refractivity (Wildman–Crippen MR) is 142 cm³/mol. The number of halogens is 1. The highest BCUT2D eigenvalue weighted by atomic mass is 79.9. The molecule has 1 atom stereocenters. The van der Waals surface area contributed by atoms with Gasteiger partial charge in [-0.05, 0) is 61.9 Å². The molecule has 0 aliphatic carbocycles. The third kappa shape index (κ3) is 5.87. The number of imidazole rings is 1. The molecular formula is C25H32BrN3O3S2. The topological polar surface area (TPSA) is 64.4 Å². The van der Waals surface area contributed by atoms with Crippen LogP contribution in [0.3, 0.4) is 0 Å². The Hall–Kier alpha value is -1.39. The molecule has 2 heterocycles. The molecular weight excluding hydrogens is 534 g/mol. The Morgan fingerprint density at radius 3 is 2.82 bits per heavy atom. The maximum atomic E-state index is 13.3. The van der Waals surface area contributed by atoms with E-state index in [9.17, 15) is 8.42 Å². The van der Waals surface area contributed by atoms with Crippen LogP contribution in [0.1, 0.15) is 38.7 Å². The molecule has 0 radical (unpaired) electrons. The third-order valence-corrected chi connectivity index (χ3v) is 9.79. The predicted octanol–water partition coefficient (Wildman–Crippen LogP) is 5.94. The lowest BCUT2D eigenvalue weighted by molar-refractivity contribution is 0.141. The van der Waals surface area contributed by atoms with Crippen LogP contribution in [0.5, 0.6) is 0 Å². The van der Waals surface area contributed by atoms with Crippen molar-refractivity contribution in [3.8, 4) is 0 Å². The zero-order valence-corrected chi connectivity index (χ0v) is 23.0. The van der Waals surface area contributed by atoms with Crippen LogP contribution in [-0.2, 0) is 27.1 Å². The first-order chi connectivity index (χ1) is 16.4. The van der Waals surface area contributed by atoms with Crippen molar-refractivity contribution in [1.82, 2.24) is 13.9 Å². The summed E-state index contributed by atoms with van der Waals surface area (Å²) < 4.78 is 37.1. The molecule has 0 saturated carbocycles. The number of fused-ring (bicyclic) bond motifs is 1. The van der Waals surface area contributed by atoms with Gasteiger partial charge >= 0.3 is 0 Å². The Morgan fingerprint density at radius 2 is 2.06 bits per heavy atom. The number of thioether (sulfide) groups is 1. The molecule has 0 amide bonds. The van der Waals surface area contributed by atoms with Crippen molar-refractivity contribution in [2.45, 2.75) is 55.5 Å². The zero-order chi connectivity index (χ0) is 24.1. The van der Waals surface area contributed by atoms with Crippen molar-refractivity contribution in [2.24, 2.45) is 5.92 Å². The van der Waals surface area contributed by atoms with Gasteiger partial charge in [0, 0.05) is 43.1 Å². The van der Waals surface area contributed by atoms with E-state index in [0.717, 1.165) is 52.2 Å². The van der Waals surface area contributed by atoms with Crippen LogP contribution in [-0.4, -0.2) is 48.6 Å². The average Bonchev–Trinajstić information content (AvgIpc) is 3.18. The van der Waals surface area contributed by atoms with Crippen molar-refractivity contribution in [2.75, 3.05) is 26.3 Å². The van der Waals surface area contributed by atoms with Crippen LogP contribution in [0, 0.1) is 5.92 Å². The molecule has 1 aromatic heterocycles. The molecule has 1 saturated heterocycles. The Balaban J connectivity index is 1.64. The van der Waals surface area contributed by atoms with Crippen molar-refractivity contribution in [1.29, 1.82) is 0 Å². The minimum absolute atomic E-state index is 0.329. The van der Waals surface area contributed by atoms with Crippen molar-refractivity contribution in [3.05, 3.63) is 52.5 Å². The highest BCUT2D eigenvalue weighted by Crippen LogP contribution is 2.31. The van der Waals surface area contributed by atoms with E-state index in [1.807, 2.05) is 31.2 Å². The van der Waals surface area contributed by atoms with Gasteiger partial charge in [0.1, 0.15) is 0 Å². The van der Waals surface area contributed by atoms with E-state index < -0.39 is 10.0 Å². The van der Waals surface area contributed by atoms with Gasteiger partial charge in [-0.2, -0.15) is 4.31 Å². The van der Waals surface area contributed by atoms with Crippen LogP contribution < -0.4 is 0 Å². The quantitative estimate of drug-likeness (QED) is 0.225. The van der Waals surface area contributed by atoms with E-state index in [2.05, 4.69) is 33.5 Å². The summed E-state index contributed by atoms with van der Waals surface area (Å²) in [5.41, 5.74) is 2.87. The fourth-order valence-electron chi connectivity index (χ4n) is 4.31. The largest absolute Gasteiger partial charge is 0.382 e. The van der Waals surface area contributed by atoms with Gasteiger partial charge < -0.3 is 9.30 Å². The van der Waals surface area contributed by atoms with Crippen LogP contribution in [0.4, 0.5) is 0 Å². The molecule has 0 bridgehead atoms. The monoisotopic (exact) mass is 565 g/mol. The second-order valence-electron chi connectivity index (χ2n) is 8.74. The van der Waals surface area contributed by atoms with Crippen LogP contribution in [0.25, 0.3) is 11.0 Å². The number of hydrogen-bond acceptors (Lipinski definition) is 5. The minimum atomic E-state index is -3.52. The molecule has 1 aliphatic heterocycles. The minimum Gasteiger partial charge on any atom is -0.382 e. The molecule has 34 heavy (non-hydrogen) atoms. The highest BCUT2D eigenvalue weighted by molar-refractivity contribution is 9.10. The van der Waals surface area contributed by atoms with Gasteiger partial charge in [-0.25, -0.2) is 13.4 Å². The highest BCUT2D eigenvalue weighted by Gasteiger charge is 2.29. The first kappa shape index (κ1) is 25.7. The maximum absolute atomic E-state index is 13.3. The number of hydrogen-bond donors (Lipinski definition) is 0. The molecule has 1 fully saturated rings. The Bertz CT molecular complexity index is 1230. The van der Waals surface area contributed by atoms with Crippen molar-refractivity contribution in [3.63, 3.8) is 0 Å². The summed E-state index contributed by atoms with van der Waals surface area (Å²) >= 11 is 5.29. The number of sulfonamides is 1. The second kappa shape index (κ2) is 11.6. The number of nitrogens with zero attached hydrogens (tertiary/aromatic N) is 3. The lowest BCUT2D eigenvalue weighted by Gasteiger charge is -2.30. The van der Waals surface area contributed by atoms with Gasteiger partial charge in [0.15, 0.2) is 5.16 Å². The number of piperidine rings is 1. The first-order valence-electron chi connectivity index (χ1n) is 11.8. The smallest absolute Gasteiger partial charge is 0.243 e. The number of benzene rings is 2.